The zero-order valence-electron chi connectivity index (χ0n) is 11.6. The van der Waals surface area contributed by atoms with E-state index >= 15 is 0 Å². The van der Waals surface area contributed by atoms with Crippen molar-refractivity contribution in [3.8, 4) is 0 Å². The van der Waals surface area contributed by atoms with Crippen LogP contribution in [0, 0.1) is 17.8 Å². The highest BCUT2D eigenvalue weighted by molar-refractivity contribution is 4.96. The topological polar surface area (TPSA) is 0 Å². The maximum atomic E-state index is 2.41. The first kappa shape index (κ1) is 14.7. The molecule has 0 rings (SSSR count). The van der Waals surface area contributed by atoms with Gasteiger partial charge in [-0.25, -0.2) is 0 Å². The fraction of sp³-hybridized carbons (Fsp3) is 0.867. The molecule has 2 unspecified atom stereocenters. The average Bonchev–Trinajstić information content (AvgIpc) is 2.16. The van der Waals surface area contributed by atoms with Gasteiger partial charge >= 0.3 is 0 Å². The Morgan fingerprint density at radius 3 is 2.20 bits per heavy atom. The van der Waals surface area contributed by atoms with Crippen molar-refractivity contribution >= 4 is 0 Å². The summed E-state index contributed by atoms with van der Waals surface area (Å²) in [4.78, 5) is 0. The molecule has 0 aromatic heterocycles. The van der Waals surface area contributed by atoms with E-state index in [9.17, 15) is 0 Å². The molecule has 15 heavy (non-hydrogen) atoms. The summed E-state index contributed by atoms with van der Waals surface area (Å²) in [6.07, 6.45) is 7.58. The molecule has 0 aliphatic rings. The smallest absolute Gasteiger partial charge is 0.0323 e. The molecule has 0 radical (unpaired) electrons. The number of rotatable bonds is 7. The van der Waals surface area contributed by atoms with E-state index in [0.29, 0.717) is 0 Å². The lowest BCUT2D eigenvalue weighted by Gasteiger charge is -2.23. The van der Waals surface area contributed by atoms with Crippen molar-refractivity contribution in [3.05, 3.63) is 11.6 Å². The Morgan fingerprint density at radius 1 is 1.13 bits per heavy atom. The molecular weight excluding hydrogens is 180 g/mol. The lowest BCUT2D eigenvalue weighted by molar-refractivity contribution is 0.277. The first-order valence-electron chi connectivity index (χ1n) is 6.64. The van der Waals surface area contributed by atoms with E-state index in [1.807, 2.05) is 0 Å². The third-order valence-electron chi connectivity index (χ3n) is 3.73. The summed E-state index contributed by atoms with van der Waals surface area (Å²) in [5, 5.41) is 0. The molecule has 0 amide bonds. The van der Waals surface area contributed by atoms with Crippen LogP contribution in [0.4, 0.5) is 0 Å². The van der Waals surface area contributed by atoms with Gasteiger partial charge in [-0.3, -0.25) is 0 Å². The van der Waals surface area contributed by atoms with E-state index in [2.05, 4.69) is 47.6 Å². The van der Waals surface area contributed by atoms with Crippen LogP contribution in [-0.4, -0.2) is 0 Å². The summed E-state index contributed by atoms with van der Waals surface area (Å²) in [5.74, 6) is 2.56. The fourth-order valence-corrected chi connectivity index (χ4v) is 2.07. The van der Waals surface area contributed by atoms with Gasteiger partial charge < -0.3 is 0 Å². The van der Waals surface area contributed by atoms with Crippen LogP contribution < -0.4 is 0 Å². The quantitative estimate of drug-likeness (QED) is 0.491. The van der Waals surface area contributed by atoms with Gasteiger partial charge in [0.15, 0.2) is 0 Å². The van der Waals surface area contributed by atoms with Crippen molar-refractivity contribution in [1.82, 2.24) is 0 Å². The number of hydrogen-bond acceptors (Lipinski definition) is 0. The zero-order valence-corrected chi connectivity index (χ0v) is 11.6. The largest absolute Gasteiger partial charge is 0.0859 e. The van der Waals surface area contributed by atoms with Gasteiger partial charge in [0, 0.05) is 0 Å². The van der Waals surface area contributed by atoms with E-state index in [1.54, 1.807) is 5.57 Å². The summed E-state index contributed by atoms with van der Waals surface area (Å²) in [6, 6.07) is 0. The van der Waals surface area contributed by atoms with Crippen molar-refractivity contribution in [2.45, 2.75) is 67.2 Å². The zero-order chi connectivity index (χ0) is 11.8. The number of allylic oxidation sites excluding steroid dienone is 2. The second kappa shape index (κ2) is 7.96. The Kier molecular flexibility index (Phi) is 7.82. The van der Waals surface area contributed by atoms with Crippen molar-refractivity contribution in [3.63, 3.8) is 0 Å². The first-order chi connectivity index (χ1) is 6.99. The molecule has 0 aromatic carbocycles. The molecule has 0 spiro atoms. The third-order valence-corrected chi connectivity index (χ3v) is 3.73. The Bertz CT molecular complexity index is 176. The SMILES string of the molecule is CCC=C(C)CCCC(C)C(C)C(C)C. The fourth-order valence-electron chi connectivity index (χ4n) is 2.07. The van der Waals surface area contributed by atoms with Crippen molar-refractivity contribution in [1.29, 1.82) is 0 Å². The van der Waals surface area contributed by atoms with Crippen LogP contribution in [-0.2, 0) is 0 Å². The van der Waals surface area contributed by atoms with Crippen molar-refractivity contribution in [2.24, 2.45) is 17.8 Å². The van der Waals surface area contributed by atoms with E-state index in [-0.39, 0.29) is 0 Å². The summed E-state index contributed by atoms with van der Waals surface area (Å²) in [5.41, 5.74) is 1.57. The van der Waals surface area contributed by atoms with Crippen LogP contribution in [0.3, 0.4) is 0 Å². The van der Waals surface area contributed by atoms with Gasteiger partial charge in [0.2, 0.25) is 0 Å². The molecule has 0 bridgehead atoms. The first-order valence-corrected chi connectivity index (χ1v) is 6.64. The second-order valence-electron chi connectivity index (χ2n) is 5.43. The van der Waals surface area contributed by atoms with Gasteiger partial charge in [0.1, 0.15) is 0 Å². The van der Waals surface area contributed by atoms with Crippen LogP contribution in [0.15, 0.2) is 11.6 Å². The Labute approximate surface area is 97.2 Å². The molecule has 2 atom stereocenters. The predicted octanol–water partition coefficient (Wildman–Crippen LogP) is 5.44. The van der Waals surface area contributed by atoms with Gasteiger partial charge in [-0.15, -0.1) is 0 Å². The summed E-state index contributed by atoms with van der Waals surface area (Å²) < 4.78 is 0. The van der Waals surface area contributed by atoms with E-state index in [1.165, 1.54) is 25.7 Å². The predicted molar refractivity (Wildman–Crippen MR) is 71.1 cm³/mol. The van der Waals surface area contributed by atoms with Gasteiger partial charge in [0.05, 0.1) is 0 Å². The van der Waals surface area contributed by atoms with Crippen LogP contribution in [0.1, 0.15) is 67.2 Å². The number of hydrogen-bond donors (Lipinski definition) is 0. The molecule has 0 heterocycles. The van der Waals surface area contributed by atoms with E-state index in [4.69, 9.17) is 0 Å². The van der Waals surface area contributed by atoms with Crippen molar-refractivity contribution in [2.75, 3.05) is 0 Å². The molecule has 0 aromatic rings. The molecule has 0 aliphatic heterocycles. The molecule has 0 nitrogen and oxygen atoms in total. The Morgan fingerprint density at radius 2 is 1.73 bits per heavy atom. The van der Waals surface area contributed by atoms with Gasteiger partial charge in [-0.05, 0) is 43.9 Å². The minimum atomic E-state index is 0.826. The highest BCUT2D eigenvalue weighted by Gasteiger charge is 2.14. The minimum Gasteiger partial charge on any atom is -0.0859 e. The van der Waals surface area contributed by atoms with Gasteiger partial charge in [0.25, 0.3) is 0 Å². The van der Waals surface area contributed by atoms with Gasteiger partial charge in [-0.1, -0.05) is 52.7 Å². The summed E-state index contributed by atoms with van der Waals surface area (Å²) in [6.45, 7) is 14.0. The molecule has 0 N–H and O–H groups in total. The van der Waals surface area contributed by atoms with E-state index in [0.717, 1.165) is 17.8 Å². The molecule has 0 saturated heterocycles. The molecule has 0 saturated carbocycles. The van der Waals surface area contributed by atoms with Crippen LogP contribution in [0.2, 0.25) is 0 Å². The molecular formula is C15H30. The highest BCUT2D eigenvalue weighted by atomic mass is 14.2. The second-order valence-corrected chi connectivity index (χ2v) is 5.43. The lowest BCUT2D eigenvalue weighted by Crippen LogP contribution is -2.14. The van der Waals surface area contributed by atoms with Crippen LogP contribution >= 0.6 is 0 Å². The normalized spacial score (nSPS) is 16.9. The van der Waals surface area contributed by atoms with Crippen molar-refractivity contribution < 1.29 is 0 Å². The monoisotopic (exact) mass is 210 g/mol. The van der Waals surface area contributed by atoms with Gasteiger partial charge in [-0.2, -0.15) is 0 Å². The molecule has 0 heteroatoms. The molecule has 0 fully saturated rings. The molecule has 90 valence electrons. The van der Waals surface area contributed by atoms with E-state index < -0.39 is 0 Å². The average molecular weight is 210 g/mol. The maximum Gasteiger partial charge on any atom is -0.0323 e. The molecule has 0 aliphatic carbocycles. The third kappa shape index (κ3) is 6.76. The standard InChI is InChI=1S/C15H30/c1-7-9-13(4)10-8-11-14(5)15(6)12(2)3/h9,12,14-15H,7-8,10-11H2,1-6H3. The summed E-state index contributed by atoms with van der Waals surface area (Å²) in [7, 11) is 0. The highest BCUT2D eigenvalue weighted by Crippen LogP contribution is 2.25. The Hall–Kier alpha value is -0.260. The van der Waals surface area contributed by atoms with Crippen LogP contribution in [0.5, 0.6) is 0 Å². The van der Waals surface area contributed by atoms with Crippen LogP contribution in [0.25, 0.3) is 0 Å². The summed E-state index contributed by atoms with van der Waals surface area (Å²) >= 11 is 0. The lowest BCUT2D eigenvalue weighted by atomic mass is 9.83. The maximum absolute atomic E-state index is 2.41. The Balaban J connectivity index is 3.72. The minimum absolute atomic E-state index is 0.826.